The number of aromatic nitrogens is 2. The van der Waals surface area contributed by atoms with Crippen LogP contribution < -0.4 is 4.74 Å². The molecule has 0 N–H and O–H groups in total. The Balaban J connectivity index is 2.38. The summed E-state index contributed by atoms with van der Waals surface area (Å²) in [7, 11) is 0. The summed E-state index contributed by atoms with van der Waals surface area (Å²) >= 11 is -1.59. The predicted octanol–water partition coefficient (Wildman–Crippen LogP) is 1.40. The molecule has 1 aliphatic rings. The molecule has 2 rings (SSSR count). The van der Waals surface area contributed by atoms with Crippen molar-refractivity contribution < 1.29 is 27.2 Å². The zero-order chi connectivity index (χ0) is 14.3. The van der Waals surface area contributed by atoms with Gasteiger partial charge in [0.1, 0.15) is 11.8 Å². The molecule has 1 unspecified atom stereocenters. The first kappa shape index (κ1) is 14.4. The smallest absolute Gasteiger partial charge is 0.423 e. The van der Waals surface area contributed by atoms with E-state index >= 15 is 0 Å². The zero-order valence-corrected chi connectivity index (χ0v) is 11.0. The highest BCUT2D eigenvalue weighted by molar-refractivity contribution is 7.90. The number of ether oxygens (including phenoxy) is 2. The highest BCUT2D eigenvalue weighted by Crippen LogP contribution is 2.37. The average molecular weight is 296 g/mol. The Kier molecular flexibility index (Phi) is 3.63. The van der Waals surface area contributed by atoms with Gasteiger partial charge < -0.3 is 14.0 Å². The van der Waals surface area contributed by atoms with Gasteiger partial charge in [0.25, 0.3) is 0 Å². The molecule has 2 heterocycles. The SMILES string of the molecule is C[S+]([O-])c1ncc(C(F)(F)F)c(OC2(C)COC2)n1. The largest absolute Gasteiger partial charge is 0.609 e. The monoisotopic (exact) mass is 296 g/mol. The van der Waals surface area contributed by atoms with E-state index in [4.69, 9.17) is 9.47 Å². The van der Waals surface area contributed by atoms with Crippen LogP contribution in [0.15, 0.2) is 11.4 Å². The molecule has 1 aromatic rings. The number of hydrogen-bond acceptors (Lipinski definition) is 5. The van der Waals surface area contributed by atoms with Crippen LogP contribution >= 0.6 is 0 Å². The average Bonchev–Trinajstić information content (AvgIpc) is 2.25. The predicted molar refractivity (Wildman–Crippen MR) is 59.2 cm³/mol. The van der Waals surface area contributed by atoms with Crippen molar-refractivity contribution in [2.24, 2.45) is 0 Å². The minimum atomic E-state index is -4.63. The summed E-state index contributed by atoms with van der Waals surface area (Å²) in [6.45, 7) is 1.97. The van der Waals surface area contributed by atoms with Gasteiger partial charge in [-0.2, -0.15) is 18.2 Å². The molecule has 1 atom stereocenters. The molecule has 0 bridgehead atoms. The van der Waals surface area contributed by atoms with Crippen molar-refractivity contribution in [2.45, 2.75) is 23.9 Å². The molecular weight excluding hydrogens is 285 g/mol. The second-order valence-electron chi connectivity index (χ2n) is 4.37. The molecular formula is C10H11F3N2O3S. The third-order valence-corrected chi connectivity index (χ3v) is 3.16. The van der Waals surface area contributed by atoms with Crippen molar-refractivity contribution in [3.8, 4) is 5.88 Å². The number of hydrogen-bond donors (Lipinski definition) is 0. The minimum absolute atomic E-state index is 0.179. The van der Waals surface area contributed by atoms with Crippen LogP contribution in [0.1, 0.15) is 12.5 Å². The second kappa shape index (κ2) is 4.80. The van der Waals surface area contributed by atoms with Gasteiger partial charge in [0.05, 0.1) is 19.4 Å². The molecule has 0 saturated carbocycles. The Morgan fingerprint density at radius 3 is 2.53 bits per heavy atom. The molecule has 19 heavy (non-hydrogen) atoms. The van der Waals surface area contributed by atoms with E-state index in [0.29, 0.717) is 6.20 Å². The standard InChI is InChI=1S/C10H11F3N2O3S/c1-9(4-17-5-9)18-7-6(10(11,12)13)3-14-8(15-7)19(2)16/h3H,4-5H2,1-2H3. The van der Waals surface area contributed by atoms with Crippen LogP contribution in [0, 0.1) is 0 Å². The number of rotatable bonds is 3. The van der Waals surface area contributed by atoms with E-state index in [9.17, 15) is 17.7 Å². The molecule has 0 amide bonds. The molecule has 9 heteroatoms. The highest BCUT2D eigenvalue weighted by atomic mass is 32.2. The lowest BCUT2D eigenvalue weighted by Gasteiger charge is -2.37. The van der Waals surface area contributed by atoms with Crippen LogP contribution in [0.2, 0.25) is 0 Å². The Labute approximate surface area is 110 Å². The molecule has 0 spiro atoms. The van der Waals surface area contributed by atoms with Gasteiger partial charge in [0, 0.05) is 11.2 Å². The first-order chi connectivity index (χ1) is 8.71. The second-order valence-corrected chi connectivity index (χ2v) is 5.64. The van der Waals surface area contributed by atoms with Crippen LogP contribution in [-0.2, 0) is 22.1 Å². The maximum absolute atomic E-state index is 12.8. The molecule has 0 aromatic carbocycles. The van der Waals surface area contributed by atoms with E-state index in [1.54, 1.807) is 6.92 Å². The van der Waals surface area contributed by atoms with Gasteiger partial charge in [-0.1, -0.05) is 0 Å². The van der Waals surface area contributed by atoms with E-state index in [1.165, 1.54) is 6.26 Å². The van der Waals surface area contributed by atoms with Gasteiger partial charge in [0.15, 0.2) is 5.60 Å². The minimum Gasteiger partial charge on any atom is -0.609 e. The molecule has 5 nitrogen and oxygen atoms in total. The van der Waals surface area contributed by atoms with Crippen molar-refractivity contribution in [1.82, 2.24) is 9.97 Å². The van der Waals surface area contributed by atoms with E-state index < -0.39 is 34.4 Å². The van der Waals surface area contributed by atoms with Gasteiger partial charge in [-0.15, -0.1) is 4.98 Å². The Hall–Kier alpha value is -1.06. The summed E-state index contributed by atoms with van der Waals surface area (Å²) in [4.78, 5) is 7.03. The molecule has 0 radical (unpaired) electrons. The third kappa shape index (κ3) is 3.10. The first-order valence-corrected chi connectivity index (χ1v) is 6.81. The van der Waals surface area contributed by atoms with Crippen LogP contribution in [0.4, 0.5) is 13.2 Å². The van der Waals surface area contributed by atoms with Crippen LogP contribution in [0.5, 0.6) is 5.88 Å². The molecule has 1 fully saturated rings. The summed E-state index contributed by atoms with van der Waals surface area (Å²) in [6.07, 6.45) is -2.77. The fourth-order valence-corrected chi connectivity index (χ4v) is 1.86. The summed E-state index contributed by atoms with van der Waals surface area (Å²) in [5.74, 6) is -0.612. The van der Waals surface area contributed by atoms with Gasteiger partial charge in [0.2, 0.25) is 5.88 Å². The Bertz CT molecular complexity index is 478. The molecule has 0 aliphatic carbocycles. The number of halogens is 3. The van der Waals surface area contributed by atoms with Gasteiger partial charge in [-0.05, 0) is 6.92 Å². The lowest BCUT2D eigenvalue weighted by atomic mass is 10.1. The van der Waals surface area contributed by atoms with E-state index in [1.807, 2.05) is 0 Å². The fraction of sp³-hybridized carbons (Fsp3) is 0.600. The van der Waals surface area contributed by atoms with Crippen molar-refractivity contribution in [2.75, 3.05) is 19.5 Å². The summed E-state index contributed by atoms with van der Waals surface area (Å²) in [6, 6.07) is 0. The summed E-state index contributed by atoms with van der Waals surface area (Å²) in [5, 5.41) is -0.202. The number of nitrogens with zero attached hydrogens (tertiary/aromatic N) is 2. The van der Waals surface area contributed by atoms with Gasteiger partial charge in [-0.3, -0.25) is 0 Å². The van der Waals surface area contributed by atoms with E-state index in [0.717, 1.165) is 0 Å². The third-order valence-electron chi connectivity index (χ3n) is 2.45. The van der Waals surface area contributed by atoms with Crippen molar-refractivity contribution in [1.29, 1.82) is 0 Å². The Morgan fingerprint density at radius 1 is 1.47 bits per heavy atom. The van der Waals surface area contributed by atoms with Crippen molar-refractivity contribution >= 4 is 11.2 Å². The van der Waals surface area contributed by atoms with E-state index in [-0.39, 0.29) is 18.4 Å². The topological polar surface area (TPSA) is 67.3 Å². The Morgan fingerprint density at radius 2 is 2.11 bits per heavy atom. The summed E-state index contributed by atoms with van der Waals surface area (Å²) in [5.41, 5.74) is -1.93. The van der Waals surface area contributed by atoms with Crippen molar-refractivity contribution in [3.05, 3.63) is 11.8 Å². The van der Waals surface area contributed by atoms with E-state index in [2.05, 4.69) is 9.97 Å². The molecule has 1 aromatic heterocycles. The van der Waals surface area contributed by atoms with Crippen LogP contribution in [-0.4, -0.2) is 39.6 Å². The zero-order valence-electron chi connectivity index (χ0n) is 10.2. The maximum atomic E-state index is 12.8. The van der Waals surface area contributed by atoms with Crippen LogP contribution in [0.3, 0.4) is 0 Å². The lowest BCUT2D eigenvalue weighted by molar-refractivity contribution is -0.163. The normalized spacial score (nSPS) is 19.7. The molecule has 106 valence electrons. The van der Waals surface area contributed by atoms with Crippen LogP contribution in [0.25, 0.3) is 0 Å². The molecule has 1 aliphatic heterocycles. The molecule has 1 saturated heterocycles. The fourth-order valence-electron chi connectivity index (χ4n) is 1.44. The quantitative estimate of drug-likeness (QED) is 0.623. The van der Waals surface area contributed by atoms with Gasteiger partial charge in [-0.25, -0.2) is 0 Å². The summed E-state index contributed by atoms with van der Waals surface area (Å²) < 4.78 is 59.8. The number of alkyl halides is 3. The van der Waals surface area contributed by atoms with Gasteiger partial charge >= 0.3 is 11.3 Å². The highest BCUT2D eigenvalue weighted by Gasteiger charge is 2.42. The first-order valence-electron chi connectivity index (χ1n) is 5.26. The lowest BCUT2D eigenvalue weighted by Crippen LogP contribution is -2.52. The maximum Gasteiger partial charge on any atom is 0.423 e. The van der Waals surface area contributed by atoms with Crippen molar-refractivity contribution in [3.63, 3.8) is 0 Å².